The molecule has 0 saturated heterocycles. The first-order valence-electron chi connectivity index (χ1n) is 4.29. The van der Waals surface area contributed by atoms with Gasteiger partial charge in [0.05, 0.1) is 6.26 Å². The molecule has 0 N–H and O–H groups in total. The van der Waals surface area contributed by atoms with Gasteiger partial charge < -0.3 is 4.74 Å². The molecule has 0 spiro atoms. The maximum atomic E-state index is 10.9. The van der Waals surface area contributed by atoms with E-state index in [0.717, 1.165) is 17.4 Å². The average Bonchev–Trinajstić information content (AvgIpc) is 2.17. The van der Waals surface area contributed by atoms with E-state index in [1.54, 1.807) is 6.08 Å². The third-order valence-corrected chi connectivity index (χ3v) is 1.79. The summed E-state index contributed by atoms with van der Waals surface area (Å²) in [6.07, 6.45) is 4.22. The highest BCUT2D eigenvalue weighted by atomic mass is 16.5. The molecule has 0 heterocycles. The van der Waals surface area contributed by atoms with Crippen LogP contribution in [0.5, 0.6) is 0 Å². The lowest BCUT2D eigenvalue weighted by molar-refractivity contribution is -0.132. The van der Waals surface area contributed by atoms with Gasteiger partial charge in [0.2, 0.25) is 0 Å². The first kappa shape index (κ1) is 10.3. The molecule has 0 aliphatic carbocycles. The second kappa shape index (κ2) is 5.02. The molecule has 0 aliphatic heterocycles. The SMILES string of the molecule is C=COC(=O)C=Cc1ccccc1C. The zero-order valence-electron chi connectivity index (χ0n) is 8.07. The van der Waals surface area contributed by atoms with E-state index in [1.165, 1.54) is 6.08 Å². The van der Waals surface area contributed by atoms with Gasteiger partial charge in [-0.1, -0.05) is 30.8 Å². The molecule has 0 aliphatic rings. The van der Waals surface area contributed by atoms with Crippen LogP contribution in [-0.2, 0) is 9.53 Å². The molecule has 0 fully saturated rings. The Balaban J connectivity index is 2.73. The highest BCUT2D eigenvalue weighted by molar-refractivity contribution is 5.87. The van der Waals surface area contributed by atoms with Crippen molar-refractivity contribution in [3.63, 3.8) is 0 Å². The molecule has 1 aromatic rings. The van der Waals surface area contributed by atoms with Crippen LogP contribution >= 0.6 is 0 Å². The van der Waals surface area contributed by atoms with Crippen LogP contribution in [0.1, 0.15) is 11.1 Å². The molecule has 0 radical (unpaired) electrons. The largest absolute Gasteiger partial charge is 0.432 e. The predicted molar refractivity (Wildman–Crippen MR) is 56.5 cm³/mol. The molecule has 14 heavy (non-hydrogen) atoms. The van der Waals surface area contributed by atoms with Crippen molar-refractivity contribution in [2.24, 2.45) is 0 Å². The molecule has 2 nitrogen and oxygen atoms in total. The zero-order valence-corrected chi connectivity index (χ0v) is 8.07. The summed E-state index contributed by atoms with van der Waals surface area (Å²) < 4.78 is 4.54. The van der Waals surface area contributed by atoms with E-state index in [9.17, 15) is 4.79 Å². The molecule has 0 amide bonds. The zero-order chi connectivity index (χ0) is 10.4. The highest BCUT2D eigenvalue weighted by Gasteiger charge is 1.94. The van der Waals surface area contributed by atoms with Crippen molar-refractivity contribution >= 4 is 12.0 Å². The lowest BCUT2D eigenvalue weighted by Gasteiger charge is -1.97. The van der Waals surface area contributed by atoms with Crippen molar-refractivity contribution in [1.82, 2.24) is 0 Å². The Morgan fingerprint density at radius 2 is 2.14 bits per heavy atom. The first-order chi connectivity index (χ1) is 6.74. The average molecular weight is 188 g/mol. The van der Waals surface area contributed by atoms with Gasteiger partial charge in [0.25, 0.3) is 0 Å². The number of benzene rings is 1. The van der Waals surface area contributed by atoms with Crippen LogP contribution in [0.15, 0.2) is 43.2 Å². The number of carbonyl (C=O) groups excluding carboxylic acids is 1. The summed E-state index contributed by atoms with van der Waals surface area (Å²) in [7, 11) is 0. The third-order valence-electron chi connectivity index (χ3n) is 1.79. The Morgan fingerprint density at radius 1 is 1.43 bits per heavy atom. The molecular weight excluding hydrogens is 176 g/mol. The van der Waals surface area contributed by atoms with Crippen LogP contribution < -0.4 is 0 Å². The van der Waals surface area contributed by atoms with Gasteiger partial charge in [0.1, 0.15) is 0 Å². The summed E-state index contributed by atoms with van der Waals surface area (Å²) in [6, 6.07) is 7.80. The second-order valence-corrected chi connectivity index (χ2v) is 2.79. The molecular formula is C12H12O2. The van der Waals surface area contributed by atoms with Gasteiger partial charge in [0.15, 0.2) is 0 Å². The highest BCUT2D eigenvalue weighted by Crippen LogP contribution is 2.08. The van der Waals surface area contributed by atoms with Crippen molar-refractivity contribution < 1.29 is 9.53 Å². The Bertz CT molecular complexity index is 364. The first-order valence-corrected chi connectivity index (χ1v) is 4.29. The van der Waals surface area contributed by atoms with Gasteiger partial charge in [-0.05, 0) is 24.1 Å². The maximum absolute atomic E-state index is 10.9. The Kier molecular flexibility index (Phi) is 3.68. The van der Waals surface area contributed by atoms with Crippen LogP contribution in [0, 0.1) is 6.92 Å². The van der Waals surface area contributed by atoms with E-state index in [4.69, 9.17) is 0 Å². The van der Waals surface area contributed by atoms with E-state index < -0.39 is 5.97 Å². The summed E-state index contributed by atoms with van der Waals surface area (Å²) in [5.41, 5.74) is 2.13. The summed E-state index contributed by atoms with van der Waals surface area (Å²) in [6.45, 7) is 5.28. The molecule has 0 aromatic heterocycles. The number of hydrogen-bond acceptors (Lipinski definition) is 2. The van der Waals surface area contributed by atoms with E-state index in [2.05, 4.69) is 11.3 Å². The van der Waals surface area contributed by atoms with Crippen LogP contribution in [0.3, 0.4) is 0 Å². The van der Waals surface area contributed by atoms with E-state index in [1.807, 2.05) is 31.2 Å². The van der Waals surface area contributed by atoms with E-state index in [-0.39, 0.29) is 0 Å². The fraction of sp³-hybridized carbons (Fsp3) is 0.0833. The van der Waals surface area contributed by atoms with Gasteiger partial charge in [-0.15, -0.1) is 0 Å². The molecule has 72 valence electrons. The number of hydrogen-bond donors (Lipinski definition) is 0. The van der Waals surface area contributed by atoms with E-state index >= 15 is 0 Å². The number of aryl methyl sites for hydroxylation is 1. The van der Waals surface area contributed by atoms with Gasteiger partial charge in [-0.3, -0.25) is 0 Å². The topological polar surface area (TPSA) is 26.3 Å². The predicted octanol–water partition coefficient (Wildman–Crippen LogP) is 2.69. The monoisotopic (exact) mass is 188 g/mol. The number of carbonyl (C=O) groups is 1. The quantitative estimate of drug-likeness (QED) is 0.414. The van der Waals surface area contributed by atoms with Crippen LogP contribution in [0.4, 0.5) is 0 Å². The summed E-state index contributed by atoms with van der Waals surface area (Å²) >= 11 is 0. The Hall–Kier alpha value is -1.83. The minimum atomic E-state index is -0.414. The molecule has 0 unspecified atom stereocenters. The molecule has 1 aromatic carbocycles. The number of rotatable bonds is 3. The van der Waals surface area contributed by atoms with Crippen molar-refractivity contribution in [3.8, 4) is 0 Å². The van der Waals surface area contributed by atoms with Crippen LogP contribution in [0.25, 0.3) is 6.08 Å². The lowest BCUT2D eigenvalue weighted by Crippen LogP contribution is -1.92. The van der Waals surface area contributed by atoms with Gasteiger partial charge in [0, 0.05) is 6.08 Å². The van der Waals surface area contributed by atoms with E-state index in [0.29, 0.717) is 0 Å². The molecule has 0 saturated carbocycles. The van der Waals surface area contributed by atoms with Crippen molar-refractivity contribution in [2.45, 2.75) is 6.92 Å². The van der Waals surface area contributed by atoms with Gasteiger partial charge in [-0.25, -0.2) is 4.79 Å². The van der Waals surface area contributed by atoms with Crippen molar-refractivity contribution in [1.29, 1.82) is 0 Å². The number of esters is 1. The maximum Gasteiger partial charge on any atom is 0.335 e. The standard InChI is InChI=1S/C12H12O2/c1-3-14-12(13)9-8-11-7-5-4-6-10(11)2/h3-9H,1H2,2H3. The van der Waals surface area contributed by atoms with Crippen molar-refractivity contribution in [2.75, 3.05) is 0 Å². The summed E-state index contributed by atoms with van der Waals surface area (Å²) in [5, 5.41) is 0. The molecule has 0 atom stereocenters. The fourth-order valence-corrected chi connectivity index (χ4v) is 1.05. The third kappa shape index (κ3) is 2.90. The minimum Gasteiger partial charge on any atom is -0.432 e. The van der Waals surface area contributed by atoms with Crippen LogP contribution in [0.2, 0.25) is 0 Å². The minimum absolute atomic E-state index is 0.414. The molecule has 1 rings (SSSR count). The molecule has 2 heteroatoms. The van der Waals surface area contributed by atoms with Gasteiger partial charge in [-0.2, -0.15) is 0 Å². The second-order valence-electron chi connectivity index (χ2n) is 2.79. The normalized spacial score (nSPS) is 10.1. The number of ether oxygens (including phenoxy) is 1. The van der Waals surface area contributed by atoms with Crippen molar-refractivity contribution in [3.05, 3.63) is 54.3 Å². The smallest absolute Gasteiger partial charge is 0.335 e. The van der Waals surface area contributed by atoms with Crippen LogP contribution in [-0.4, -0.2) is 5.97 Å². The summed E-state index contributed by atoms with van der Waals surface area (Å²) in [4.78, 5) is 10.9. The molecule has 0 bridgehead atoms. The summed E-state index contributed by atoms with van der Waals surface area (Å²) in [5.74, 6) is -0.414. The Labute approximate surface area is 83.5 Å². The lowest BCUT2D eigenvalue weighted by atomic mass is 10.1. The Morgan fingerprint density at radius 3 is 2.79 bits per heavy atom. The fourth-order valence-electron chi connectivity index (χ4n) is 1.05. The van der Waals surface area contributed by atoms with Gasteiger partial charge >= 0.3 is 5.97 Å².